The van der Waals surface area contributed by atoms with Crippen LogP contribution in [-0.2, 0) is 4.79 Å². The molecular weight excluding hydrogens is 430 g/mol. The molecule has 2 N–H and O–H groups in total. The third-order valence-electron chi connectivity index (χ3n) is 6.18. The van der Waals surface area contributed by atoms with E-state index in [-0.39, 0.29) is 30.0 Å². The van der Waals surface area contributed by atoms with E-state index in [2.05, 4.69) is 52.9 Å². The predicted octanol–water partition coefficient (Wildman–Crippen LogP) is 2.26. The third-order valence-corrected chi connectivity index (χ3v) is 7.21. The molecule has 0 radical (unpaired) electrons. The number of thiazole rings is 1. The molecule has 0 saturated carbocycles. The monoisotopic (exact) mass is 459 g/mol. The van der Waals surface area contributed by atoms with Crippen molar-refractivity contribution in [1.29, 1.82) is 0 Å². The molecule has 2 aliphatic carbocycles. The van der Waals surface area contributed by atoms with E-state index in [0.29, 0.717) is 5.71 Å². The highest BCUT2D eigenvalue weighted by atomic mass is 32.1. The SMILES string of the molecule is CCCNCC1CC=c2nc(C3=CC=CCC3NC(=O)C3=NC4C=CC=CC4C=C3)sc2=N1. The number of aromatic nitrogens is 1. The molecule has 7 heteroatoms. The summed E-state index contributed by atoms with van der Waals surface area (Å²) in [6, 6.07) is 0.133. The van der Waals surface area contributed by atoms with Crippen molar-refractivity contribution in [2.24, 2.45) is 15.9 Å². The molecule has 6 nitrogen and oxygen atoms in total. The summed E-state index contributed by atoms with van der Waals surface area (Å²) in [5.41, 5.74) is 1.52. The summed E-state index contributed by atoms with van der Waals surface area (Å²) in [7, 11) is 0. The molecule has 4 atom stereocenters. The van der Waals surface area contributed by atoms with Crippen molar-refractivity contribution >= 4 is 34.6 Å². The van der Waals surface area contributed by atoms with Crippen LogP contribution in [0.1, 0.15) is 31.2 Å². The smallest absolute Gasteiger partial charge is 0.269 e. The lowest BCUT2D eigenvalue weighted by Gasteiger charge is -2.24. The van der Waals surface area contributed by atoms with Gasteiger partial charge >= 0.3 is 0 Å². The first-order chi connectivity index (χ1) is 16.2. The standard InChI is InChI=1S/C26H29N5OS/c1-2-15-27-16-18-12-14-23-26(28-18)33-25(31-23)19-8-4-6-10-21(19)30-24(32)22-13-11-17-7-3-5-9-20(17)29-22/h3-9,11,13-14,17-18,20-21,27H,2,10,12,15-16H2,1H3,(H,30,32). The van der Waals surface area contributed by atoms with Crippen LogP contribution in [0, 0.1) is 5.92 Å². The van der Waals surface area contributed by atoms with Crippen LogP contribution in [0.25, 0.3) is 11.6 Å². The lowest BCUT2D eigenvalue weighted by molar-refractivity contribution is -0.115. The zero-order chi connectivity index (χ0) is 22.6. The van der Waals surface area contributed by atoms with Crippen LogP contribution in [0.3, 0.4) is 0 Å². The van der Waals surface area contributed by atoms with Gasteiger partial charge in [0.05, 0.1) is 23.5 Å². The van der Waals surface area contributed by atoms with Gasteiger partial charge < -0.3 is 10.6 Å². The fraction of sp³-hybridized carbons (Fsp3) is 0.385. The Morgan fingerprint density at radius 2 is 2.06 bits per heavy atom. The molecule has 0 aromatic carbocycles. The lowest BCUT2D eigenvalue weighted by Crippen LogP contribution is -2.41. The summed E-state index contributed by atoms with van der Waals surface area (Å²) >= 11 is 1.61. The van der Waals surface area contributed by atoms with E-state index >= 15 is 0 Å². The normalized spacial score (nSPS) is 27.1. The summed E-state index contributed by atoms with van der Waals surface area (Å²) in [5, 5.41) is 8.54. The molecule has 1 amide bonds. The van der Waals surface area contributed by atoms with Gasteiger partial charge in [0.2, 0.25) is 0 Å². The molecule has 1 aromatic heterocycles. The van der Waals surface area contributed by atoms with Gasteiger partial charge in [-0.15, -0.1) is 0 Å². The number of nitrogens with zero attached hydrogens (tertiary/aromatic N) is 3. The molecule has 2 aliphatic heterocycles. The molecule has 1 aromatic rings. The van der Waals surface area contributed by atoms with E-state index in [0.717, 1.165) is 53.0 Å². The van der Waals surface area contributed by atoms with E-state index in [1.54, 1.807) is 11.3 Å². The van der Waals surface area contributed by atoms with Crippen LogP contribution < -0.4 is 20.7 Å². The van der Waals surface area contributed by atoms with Gasteiger partial charge in [-0.3, -0.25) is 14.8 Å². The maximum absolute atomic E-state index is 13.0. The molecule has 0 bridgehead atoms. The second-order valence-corrected chi connectivity index (χ2v) is 9.64. The van der Waals surface area contributed by atoms with E-state index in [1.807, 2.05) is 30.4 Å². The van der Waals surface area contributed by atoms with Crippen LogP contribution in [0.2, 0.25) is 0 Å². The van der Waals surface area contributed by atoms with Crippen LogP contribution in [-0.4, -0.2) is 47.8 Å². The van der Waals surface area contributed by atoms with Crippen molar-refractivity contribution < 1.29 is 4.79 Å². The number of allylic oxidation sites excluding steroid dienone is 4. The van der Waals surface area contributed by atoms with E-state index in [9.17, 15) is 4.79 Å². The molecule has 33 heavy (non-hydrogen) atoms. The molecule has 0 fully saturated rings. The topological polar surface area (TPSA) is 78.7 Å². The highest BCUT2D eigenvalue weighted by molar-refractivity contribution is 7.10. The Kier molecular flexibility index (Phi) is 6.60. The molecular formula is C26H29N5OS. The van der Waals surface area contributed by atoms with Gasteiger partial charge in [-0.05, 0) is 31.9 Å². The zero-order valence-corrected chi connectivity index (χ0v) is 19.6. The molecule has 4 unspecified atom stereocenters. The van der Waals surface area contributed by atoms with Gasteiger partial charge in [-0.2, -0.15) is 0 Å². The Morgan fingerprint density at radius 1 is 1.15 bits per heavy atom. The van der Waals surface area contributed by atoms with Crippen molar-refractivity contribution in [2.45, 2.75) is 44.3 Å². The molecule has 4 aliphatic rings. The van der Waals surface area contributed by atoms with Crippen molar-refractivity contribution in [2.75, 3.05) is 13.1 Å². The Balaban J connectivity index is 1.31. The number of rotatable bonds is 7. The molecule has 0 spiro atoms. The Morgan fingerprint density at radius 3 is 2.97 bits per heavy atom. The fourth-order valence-corrected chi connectivity index (χ4v) is 5.48. The number of dihydropyridines is 1. The van der Waals surface area contributed by atoms with Gasteiger partial charge in [0.15, 0.2) is 0 Å². The summed E-state index contributed by atoms with van der Waals surface area (Å²) in [6.07, 6.45) is 23.2. The summed E-state index contributed by atoms with van der Waals surface area (Å²) < 4.78 is 0.989. The average Bonchev–Trinajstić information content (AvgIpc) is 3.27. The number of amides is 1. The highest BCUT2D eigenvalue weighted by Crippen LogP contribution is 2.25. The average molecular weight is 460 g/mol. The number of carbonyl (C=O) groups excluding carboxylic acids is 1. The van der Waals surface area contributed by atoms with Crippen molar-refractivity contribution in [1.82, 2.24) is 15.6 Å². The van der Waals surface area contributed by atoms with E-state index in [4.69, 9.17) is 9.98 Å². The number of fused-ring (bicyclic) bond motifs is 2. The van der Waals surface area contributed by atoms with Gasteiger partial charge in [0.1, 0.15) is 15.4 Å². The van der Waals surface area contributed by atoms with Crippen molar-refractivity contribution in [3.8, 4) is 0 Å². The Bertz CT molecular complexity index is 1220. The number of carbonyl (C=O) groups is 1. The number of hydrogen-bond donors (Lipinski definition) is 2. The number of nitrogens with one attached hydrogen (secondary N) is 2. The first-order valence-electron chi connectivity index (χ1n) is 11.8. The predicted molar refractivity (Wildman–Crippen MR) is 135 cm³/mol. The Hall–Kier alpha value is -2.90. The highest BCUT2D eigenvalue weighted by Gasteiger charge is 2.26. The van der Waals surface area contributed by atoms with Crippen molar-refractivity contribution in [3.63, 3.8) is 0 Å². The van der Waals surface area contributed by atoms with E-state index in [1.165, 1.54) is 0 Å². The second-order valence-electron chi connectivity index (χ2n) is 8.66. The summed E-state index contributed by atoms with van der Waals surface area (Å²) in [5.74, 6) is 0.0979. The van der Waals surface area contributed by atoms with Gasteiger partial charge in [0, 0.05) is 18.0 Å². The quantitative estimate of drug-likeness (QED) is 0.614. The summed E-state index contributed by atoms with van der Waals surface area (Å²) in [4.78, 5) is 27.5. The molecule has 5 rings (SSSR count). The first kappa shape index (κ1) is 21.9. The largest absolute Gasteiger partial charge is 0.343 e. The van der Waals surface area contributed by atoms with Gasteiger partial charge in [-0.1, -0.05) is 72.9 Å². The van der Waals surface area contributed by atoms with Gasteiger partial charge in [0.25, 0.3) is 5.91 Å². The lowest BCUT2D eigenvalue weighted by atomic mass is 9.92. The minimum absolute atomic E-state index is 0.00427. The first-order valence-corrected chi connectivity index (χ1v) is 12.6. The molecule has 3 heterocycles. The summed E-state index contributed by atoms with van der Waals surface area (Å²) in [6.45, 7) is 4.08. The minimum atomic E-state index is -0.140. The van der Waals surface area contributed by atoms with E-state index < -0.39 is 0 Å². The maximum Gasteiger partial charge on any atom is 0.269 e. The molecule has 0 saturated heterocycles. The number of aliphatic imine (C=N–C) groups is 1. The zero-order valence-electron chi connectivity index (χ0n) is 18.8. The number of hydrogen-bond acceptors (Lipinski definition) is 6. The minimum Gasteiger partial charge on any atom is -0.343 e. The van der Waals surface area contributed by atoms with Crippen LogP contribution in [0.5, 0.6) is 0 Å². The second kappa shape index (κ2) is 9.93. The fourth-order valence-electron chi connectivity index (χ4n) is 4.39. The maximum atomic E-state index is 13.0. The van der Waals surface area contributed by atoms with Crippen molar-refractivity contribution in [3.05, 3.63) is 69.7 Å². The van der Waals surface area contributed by atoms with Crippen LogP contribution in [0.15, 0.2) is 64.7 Å². The van der Waals surface area contributed by atoms with Crippen LogP contribution in [0.4, 0.5) is 0 Å². The Labute approximate surface area is 198 Å². The van der Waals surface area contributed by atoms with Crippen LogP contribution >= 0.6 is 11.3 Å². The third kappa shape index (κ3) is 4.89. The molecule has 170 valence electrons. The van der Waals surface area contributed by atoms with Gasteiger partial charge in [-0.25, -0.2) is 4.98 Å².